The summed E-state index contributed by atoms with van der Waals surface area (Å²) < 4.78 is 12.7. The zero-order valence-corrected chi connectivity index (χ0v) is 12.0. The third-order valence-electron chi connectivity index (χ3n) is 2.89. The molecule has 1 aromatic rings. The highest BCUT2D eigenvalue weighted by atomic mass is 19.1. The van der Waals surface area contributed by atoms with Gasteiger partial charge in [0.05, 0.1) is 6.10 Å². The lowest BCUT2D eigenvalue weighted by Crippen LogP contribution is -2.32. The zero-order chi connectivity index (χ0) is 14.3. The Morgan fingerprint density at radius 1 is 1.32 bits per heavy atom. The maximum atomic E-state index is 12.7. The Kier molecular flexibility index (Phi) is 6.19. The monoisotopic (exact) mass is 265 g/mol. The first-order chi connectivity index (χ1) is 8.89. The average molecular weight is 265 g/mol. The maximum absolute atomic E-state index is 12.7. The van der Waals surface area contributed by atoms with Crippen molar-refractivity contribution in [2.75, 3.05) is 13.1 Å². The van der Waals surface area contributed by atoms with Crippen LogP contribution in [-0.4, -0.2) is 24.3 Å². The molecule has 2 N–H and O–H groups in total. The number of aliphatic hydroxyl groups is 1. The van der Waals surface area contributed by atoms with Gasteiger partial charge in [0, 0.05) is 13.1 Å². The van der Waals surface area contributed by atoms with Gasteiger partial charge in [-0.15, -0.1) is 0 Å². The number of nitrogens with one attached hydrogen (secondary N) is 1. The van der Waals surface area contributed by atoms with Crippen LogP contribution in [0, 0.1) is 11.2 Å². The lowest BCUT2D eigenvalue weighted by atomic mass is 9.87. The van der Waals surface area contributed by atoms with Crippen molar-refractivity contribution in [1.29, 1.82) is 0 Å². The predicted octanol–water partition coefficient (Wildman–Crippen LogP) is 3.23. The molecule has 0 spiro atoms. The number of aliphatic hydroxyl groups excluding tert-OH is 1. The summed E-state index contributed by atoms with van der Waals surface area (Å²) >= 11 is 0. The molecule has 0 amide bonds. The van der Waals surface area contributed by atoms with Crippen molar-refractivity contribution in [3.63, 3.8) is 0 Å². The minimum atomic E-state index is -0.272. The predicted molar refractivity (Wildman–Crippen MR) is 78.4 cm³/mol. The molecular formula is C16H24FNO. The van der Waals surface area contributed by atoms with Crippen LogP contribution in [-0.2, 0) is 0 Å². The SMILES string of the molecule is CC(O)CC(C)(C)CNC/C=C/c1ccc(F)cc1. The van der Waals surface area contributed by atoms with Gasteiger partial charge in [0.1, 0.15) is 5.82 Å². The van der Waals surface area contributed by atoms with Gasteiger partial charge < -0.3 is 10.4 Å². The van der Waals surface area contributed by atoms with E-state index < -0.39 is 0 Å². The van der Waals surface area contributed by atoms with E-state index in [-0.39, 0.29) is 17.3 Å². The van der Waals surface area contributed by atoms with Crippen LogP contribution >= 0.6 is 0 Å². The fourth-order valence-corrected chi connectivity index (χ4v) is 2.13. The number of rotatable bonds is 7. The van der Waals surface area contributed by atoms with Crippen molar-refractivity contribution in [1.82, 2.24) is 5.32 Å². The van der Waals surface area contributed by atoms with Gasteiger partial charge in [0.25, 0.3) is 0 Å². The summed E-state index contributed by atoms with van der Waals surface area (Å²) in [4.78, 5) is 0. The van der Waals surface area contributed by atoms with Gasteiger partial charge in [-0.2, -0.15) is 0 Å². The van der Waals surface area contributed by atoms with Crippen molar-refractivity contribution in [2.45, 2.75) is 33.3 Å². The third kappa shape index (κ3) is 7.09. The van der Waals surface area contributed by atoms with Gasteiger partial charge >= 0.3 is 0 Å². The topological polar surface area (TPSA) is 32.3 Å². The van der Waals surface area contributed by atoms with Crippen molar-refractivity contribution in [2.24, 2.45) is 5.41 Å². The smallest absolute Gasteiger partial charge is 0.123 e. The molecule has 0 saturated heterocycles. The fourth-order valence-electron chi connectivity index (χ4n) is 2.13. The molecule has 0 heterocycles. The third-order valence-corrected chi connectivity index (χ3v) is 2.89. The molecule has 0 aliphatic carbocycles. The van der Waals surface area contributed by atoms with Crippen LogP contribution in [0.4, 0.5) is 4.39 Å². The second kappa shape index (κ2) is 7.41. The minimum Gasteiger partial charge on any atom is -0.393 e. The van der Waals surface area contributed by atoms with Gasteiger partial charge in [0.2, 0.25) is 0 Å². The van der Waals surface area contributed by atoms with Crippen LogP contribution < -0.4 is 5.32 Å². The summed E-state index contributed by atoms with van der Waals surface area (Å²) in [7, 11) is 0. The highest BCUT2D eigenvalue weighted by molar-refractivity contribution is 5.48. The van der Waals surface area contributed by atoms with Crippen molar-refractivity contribution >= 4 is 6.08 Å². The molecular weight excluding hydrogens is 241 g/mol. The fraction of sp³-hybridized carbons (Fsp3) is 0.500. The Morgan fingerprint density at radius 3 is 2.53 bits per heavy atom. The van der Waals surface area contributed by atoms with E-state index in [1.54, 1.807) is 12.1 Å². The molecule has 1 unspecified atom stereocenters. The molecule has 0 fully saturated rings. The summed E-state index contributed by atoms with van der Waals surface area (Å²) in [5.41, 5.74) is 1.07. The highest BCUT2D eigenvalue weighted by Gasteiger charge is 2.19. The summed E-state index contributed by atoms with van der Waals surface area (Å²) in [6, 6.07) is 6.42. The van der Waals surface area contributed by atoms with Crippen LogP contribution in [0.3, 0.4) is 0 Å². The van der Waals surface area contributed by atoms with Crippen LogP contribution in [0.15, 0.2) is 30.3 Å². The Labute approximate surface area is 115 Å². The molecule has 3 heteroatoms. The standard InChI is InChI=1S/C16H24FNO/c1-13(19)11-16(2,3)12-18-10-4-5-14-6-8-15(17)9-7-14/h4-9,13,18-19H,10-12H2,1-3H3/b5-4+. The molecule has 1 rings (SSSR count). The zero-order valence-electron chi connectivity index (χ0n) is 12.0. The second-order valence-electron chi connectivity index (χ2n) is 5.80. The first-order valence-corrected chi connectivity index (χ1v) is 6.70. The average Bonchev–Trinajstić information content (AvgIpc) is 2.29. The number of benzene rings is 1. The van der Waals surface area contributed by atoms with Crippen molar-refractivity contribution in [3.8, 4) is 0 Å². The molecule has 0 aromatic heterocycles. The molecule has 19 heavy (non-hydrogen) atoms. The van der Waals surface area contributed by atoms with Gasteiger partial charge in [-0.25, -0.2) is 4.39 Å². The van der Waals surface area contributed by atoms with Gasteiger partial charge in [-0.3, -0.25) is 0 Å². The van der Waals surface area contributed by atoms with E-state index in [1.807, 2.05) is 19.1 Å². The molecule has 1 atom stereocenters. The highest BCUT2D eigenvalue weighted by Crippen LogP contribution is 2.20. The number of hydrogen-bond acceptors (Lipinski definition) is 2. The van der Waals surface area contributed by atoms with Gasteiger partial charge in [-0.1, -0.05) is 38.1 Å². The van der Waals surface area contributed by atoms with E-state index in [2.05, 4.69) is 19.2 Å². The Bertz CT molecular complexity index is 396. The van der Waals surface area contributed by atoms with Crippen LogP contribution in [0.2, 0.25) is 0 Å². The Morgan fingerprint density at radius 2 is 1.95 bits per heavy atom. The summed E-state index contributed by atoms with van der Waals surface area (Å²) in [5.74, 6) is -0.213. The van der Waals surface area contributed by atoms with Gasteiger partial charge in [0.15, 0.2) is 0 Å². The lowest BCUT2D eigenvalue weighted by molar-refractivity contribution is 0.129. The summed E-state index contributed by atoms with van der Waals surface area (Å²) in [6.07, 6.45) is 4.49. The molecule has 0 radical (unpaired) electrons. The van der Waals surface area contributed by atoms with Crippen molar-refractivity contribution < 1.29 is 9.50 Å². The molecule has 0 saturated carbocycles. The quantitative estimate of drug-likeness (QED) is 0.742. The number of hydrogen-bond donors (Lipinski definition) is 2. The first kappa shape index (κ1) is 15.9. The van der Waals surface area contributed by atoms with E-state index in [4.69, 9.17) is 0 Å². The summed E-state index contributed by atoms with van der Waals surface area (Å²) in [5, 5.41) is 12.7. The molecule has 0 aliphatic heterocycles. The van der Waals surface area contributed by atoms with E-state index >= 15 is 0 Å². The van der Waals surface area contributed by atoms with E-state index in [0.717, 1.165) is 25.1 Å². The normalized spacial score (nSPS) is 13.9. The summed E-state index contributed by atoms with van der Waals surface area (Å²) in [6.45, 7) is 7.70. The Hall–Kier alpha value is -1.19. The second-order valence-corrected chi connectivity index (χ2v) is 5.80. The number of halogens is 1. The molecule has 0 bridgehead atoms. The van der Waals surface area contributed by atoms with E-state index in [1.165, 1.54) is 12.1 Å². The molecule has 2 nitrogen and oxygen atoms in total. The molecule has 106 valence electrons. The minimum absolute atomic E-state index is 0.0812. The van der Waals surface area contributed by atoms with Gasteiger partial charge in [-0.05, 0) is 36.5 Å². The largest absolute Gasteiger partial charge is 0.393 e. The first-order valence-electron chi connectivity index (χ1n) is 6.70. The Balaban J connectivity index is 2.28. The molecule has 0 aliphatic rings. The van der Waals surface area contributed by atoms with Crippen molar-refractivity contribution in [3.05, 3.63) is 41.7 Å². The van der Waals surface area contributed by atoms with E-state index in [0.29, 0.717) is 0 Å². The van der Waals surface area contributed by atoms with Crippen LogP contribution in [0.1, 0.15) is 32.8 Å². The lowest BCUT2D eigenvalue weighted by Gasteiger charge is -2.26. The van der Waals surface area contributed by atoms with E-state index in [9.17, 15) is 9.50 Å². The van der Waals surface area contributed by atoms with Crippen LogP contribution in [0.5, 0.6) is 0 Å². The maximum Gasteiger partial charge on any atom is 0.123 e. The molecule has 1 aromatic carbocycles. The van der Waals surface area contributed by atoms with Crippen LogP contribution in [0.25, 0.3) is 6.08 Å².